The molecule has 2 atom stereocenters. The number of amides is 3. The van der Waals surface area contributed by atoms with Crippen molar-refractivity contribution in [2.24, 2.45) is 5.41 Å². The van der Waals surface area contributed by atoms with Gasteiger partial charge in [-0.1, -0.05) is 24.3 Å². The van der Waals surface area contributed by atoms with Crippen molar-refractivity contribution in [1.29, 1.82) is 5.26 Å². The van der Waals surface area contributed by atoms with Crippen LogP contribution in [0.4, 0.5) is 14.5 Å². The van der Waals surface area contributed by atoms with Gasteiger partial charge in [-0.15, -0.1) is 0 Å². The number of pyridine rings is 1. The van der Waals surface area contributed by atoms with Gasteiger partial charge < -0.3 is 20.3 Å². The molecule has 1 saturated heterocycles. The Labute approximate surface area is 211 Å². The number of hydrogen-bond donors (Lipinski definition) is 2. The number of ether oxygens (including phenoxy) is 1. The Morgan fingerprint density at radius 1 is 1.22 bits per heavy atom. The fraction of sp³-hybridized carbons (Fsp3) is 0.269. The lowest BCUT2D eigenvalue weighted by atomic mass is 9.87. The maximum Gasteiger partial charge on any atom is 0.387 e. The number of para-hydroxylation sites is 1. The Kier molecular flexibility index (Phi) is 7.29. The number of benzene rings is 2. The minimum absolute atomic E-state index is 0.00529. The monoisotopic (exact) mass is 507 g/mol. The predicted octanol–water partition coefficient (Wildman–Crippen LogP) is 3.34. The van der Waals surface area contributed by atoms with Gasteiger partial charge in [-0.05, 0) is 43.7 Å². The first-order chi connectivity index (χ1) is 17.7. The molecule has 190 valence electrons. The highest BCUT2D eigenvalue weighted by Gasteiger charge is 2.47. The fourth-order valence-electron chi connectivity index (χ4n) is 4.27. The number of alkyl halides is 2. The molecule has 2 aromatic carbocycles. The maximum atomic E-state index is 12.9. The maximum absolute atomic E-state index is 12.9. The third kappa shape index (κ3) is 5.64. The van der Waals surface area contributed by atoms with Crippen LogP contribution in [0.25, 0.3) is 10.9 Å². The summed E-state index contributed by atoms with van der Waals surface area (Å²) in [5.41, 5.74) is -0.255. The van der Waals surface area contributed by atoms with E-state index >= 15 is 0 Å². The number of halogens is 2. The highest BCUT2D eigenvalue weighted by molar-refractivity contribution is 6.01. The molecule has 0 radical (unpaired) electrons. The molecular weight excluding hydrogens is 484 g/mol. The van der Waals surface area contributed by atoms with Crippen LogP contribution in [0.2, 0.25) is 0 Å². The Morgan fingerprint density at radius 2 is 1.97 bits per heavy atom. The minimum atomic E-state index is -3.11. The van der Waals surface area contributed by atoms with Crippen LogP contribution < -0.4 is 15.4 Å². The van der Waals surface area contributed by atoms with Crippen LogP contribution in [0, 0.1) is 16.7 Å². The molecule has 1 fully saturated rings. The third-order valence-electron chi connectivity index (χ3n) is 6.14. The summed E-state index contributed by atoms with van der Waals surface area (Å²) in [6.07, 6.45) is 1.54. The van der Waals surface area contributed by atoms with E-state index in [-0.39, 0.29) is 35.7 Å². The summed E-state index contributed by atoms with van der Waals surface area (Å²) in [6, 6.07) is 15.8. The molecule has 2 N–H and O–H groups in total. The first-order valence-corrected chi connectivity index (χ1v) is 11.4. The zero-order valence-electron chi connectivity index (χ0n) is 19.8. The molecule has 37 heavy (non-hydrogen) atoms. The quantitative estimate of drug-likeness (QED) is 0.506. The summed E-state index contributed by atoms with van der Waals surface area (Å²) in [5, 5.41) is 15.3. The molecule has 2 heterocycles. The standard InChI is InChI=1S/C26H23F2N5O4/c1-26(24(36)32-18-7-3-2-4-8-18)12-19(13-29)33(15-26)21(34)14-31-23(35)17-10-16-6-5-9-30-22(16)20(11-17)37-25(27)28/h2-11,19,25H,12,14-15H2,1H3,(H,31,35)(H,32,36). The van der Waals surface area contributed by atoms with Gasteiger partial charge in [0, 0.05) is 29.4 Å². The van der Waals surface area contributed by atoms with Crippen LogP contribution in [-0.4, -0.2) is 53.3 Å². The number of carbonyl (C=O) groups is 3. The van der Waals surface area contributed by atoms with Gasteiger partial charge in [0.15, 0.2) is 5.75 Å². The molecule has 0 saturated carbocycles. The molecule has 0 aliphatic carbocycles. The number of fused-ring (bicyclic) bond motifs is 1. The van der Waals surface area contributed by atoms with Crippen LogP contribution in [0.15, 0.2) is 60.8 Å². The smallest absolute Gasteiger partial charge is 0.387 e. The number of likely N-dealkylation sites (tertiary alicyclic amines) is 1. The van der Waals surface area contributed by atoms with E-state index in [0.29, 0.717) is 11.1 Å². The summed E-state index contributed by atoms with van der Waals surface area (Å²) >= 11 is 0. The fourth-order valence-corrected chi connectivity index (χ4v) is 4.27. The van der Waals surface area contributed by atoms with Gasteiger partial charge >= 0.3 is 6.61 Å². The van der Waals surface area contributed by atoms with Crippen molar-refractivity contribution in [3.05, 3.63) is 66.4 Å². The Morgan fingerprint density at radius 3 is 2.68 bits per heavy atom. The summed E-state index contributed by atoms with van der Waals surface area (Å²) < 4.78 is 30.2. The van der Waals surface area contributed by atoms with Gasteiger partial charge in [0.2, 0.25) is 11.8 Å². The minimum Gasteiger partial charge on any atom is -0.432 e. The third-order valence-corrected chi connectivity index (χ3v) is 6.14. The predicted molar refractivity (Wildman–Crippen MR) is 130 cm³/mol. The average molecular weight is 507 g/mol. The number of nitrogens with zero attached hydrogens (tertiary/aromatic N) is 3. The first kappa shape index (κ1) is 25.5. The van der Waals surface area contributed by atoms with Gasteiger partial charge in [-0.3, -0.25) is 19.4 Å². The lowest BCUT2D eigenvalue weighted by Gasteiger charge is -2.24. The van der Waals surface area contributed by atoms with E-state index in [1.165, 1.54) is 17.2 Å². The molecule has 1 aliphatic rings. The van der Waals surface area contributed by atoms with E-state index in [1.807, 2.05) is 6.07 Å². The number of nitrogens with one attached hydrogen (secondary N) is 2. The van der Waals surface area contributed by atoms with Gasteiger partial charge in [-0.2, -0.15) is 14.0 Å². The number of aromatic nitrogens is 1. The lowest BCUT2D eigenvalue weighted by Crippen LogP contribution is -2.44. The number of rotatable bonds is 7. The molecule has 0 bridgehead atoms. The van der Waals surface area contributed by atoms with Crippen molar-refractivity contribution < 1.29 is 27.9 Å². The SMILES string of the molecule is CC1(C(=O)Nc2ccccc2)CC(C#N)N(C(=O)CNC(=O)c2cc(OC(F)F)c3ncccc3c2)C1. The Hall–Kier alpha value is -4.59. The Balaban J connectivity index is 1.44. The van der Waals surface area contributed by atoms with Crippen LogP contribution in [0.5, 0.6) is 5.75 Å². The topological polar surface area (TPSA) is 124 Å². The molecule has 3 aromatic rings. The van der Waals surface area contributed by atoms with E-state index in [1.54, 1.807) is 43.3 Å². The van der Waals surface area contributed by atoms with Gasteiger partial charge in [0.05, 0.1) is 18.0 Å². The molecular formula is C26H23F2N5O4. The second kappa shape index (κ2) is 10.6. The van der Waals surface area contributed by atoms with Crippen molar-refractivity contribution in [1.82, 2.24) is 15.2 Å². The highest BCUT2D eigenvalue weighted by Crippen LogP contribution is 2.35. The molecule has 9 nitrogen and oxygen atoms in total. The van der Waals surface area contributed by atoms with Crippen molar-refractivity contribution in [3.8, 4) is 11.8 Å². The Bertz CT molecular complexity index is 1380. The molecule has 1 aliphatic heterocycles. The van der Waals surface area contributed by atoms with E-state index in [4.69, 9.17) is 0 Å². The van der Waals surface area contributed by atoms with Crippen molar-refractivity contribution in [3.63, 3.8) is 0 Å². The summed E-state index contributed by atoms with van der Waals surface area (Å²) in [7, 11) is 0. The van der Waals surface area contributed by atoms with E-state index in [2.05, 4.69) is 26.4 Å². The average Bonchev–Trinajstić information content (AvgIpc) is 3.25. The van der Waals surface area contributed by atoms with Crippen LogP contribution in [-0.2, 0) is 9.59 Å². The van der Waals surface area contributed by atoms with Gasteiger partial charge in [0.25, 0.3) is 5.91 Å². The molecule has 3 amide bonds. The van der Waals surface area contributed by atoms with E-state index in [0.717, 1.165) is 6.07 Å². The first-order valence-electron chi connectivity index (χ1n) is 11.4. The van der Waals surface area contributed by atoms with Crippen LogP contribution >= 0.6 is 0 Å². The number of anilines is 1. The second-order valence-corrected chi connectivity index (χ2v) is 8.86. The summed E-state index contributed by atoms with van der Waals surface area (Å²) in [4.78, 5) is 43.9. The number of carbonyl (C=O) groups excluding carboxylic acids is 3. The van der Waals surface area contributed by atoms with Crippen molar-refractivity contribution in [2.75, 3.05) is 18.4 Å². The zero-order valence-corrected chi connectivity index (χ0v) is 19.8. The number of nitriles is 1. The summed E-state index contributed by atoms with van der Waals surface area (Å²) in [6.45, 7) is -1.90. The largest absolute Gasteiger partial charge is 0.432 e. The van der Waals surface area contributed by atoms with E-state index in [9.17, 15) is 28.4 Å². The molecule has 11 heteroatoms. The number of hydrogen-bond acceptors (Lipinski definition) is 6. The second-order valence-electron chi connectivity index (χ2n) is 8.86. The highest BCUT2D eigenvalue weighted by atomic mass is 19.3. The summed E-state index contributed by atoms with van der Waals surface area (Å²) in [5.74, 6) is -1.85. The molecule has 2 unspecified atom stereocenters. The molecule has 1 aromatic heterocycles. The normalized spacial score (nSPS) is 18.9. The van der Waals surface area contributed by atoms with Gasteiger partial charge in [-0.25, -0.2) is 0 Å². The lowest BCUT2D eigenvalue weighted by molar-refractivity contribution is -0.131. The van der Waals surface area contributed by atoms with Crippen LogP contribution in [0.1, 0.15) is 23.7 Å². The zero-order chi connectivity index (χ0) is 26.6. The molecule has 0 spiro atoms. The van der Waals surface area contributed by atoms with Gasteiger partial charge in [0.1, 0.15) is 11.6 Å². The van der Waals surface area contributed by atoms with Crippen LogP contribution in [0.3, 0.4) is 0 Å². The molecule has 4 rings (SSSR count). The van der Waals surface area contributed by atoms with Crippen molar-refractivity contribution in [2.45, 2.75) is 26.0 Å². The van der Waals surface area contributed by atoms with E-state index < -0.39 is 36.4 Å². The van der Waals surface area contributed by atoms with Crippen molar-refractivity contribution >= 4 is 34.3 Å².